The Morgan fingerprint density at radius 1 is 1.31 bits per heavy atom. The number of aliphatic hydroxyl groups is 2. The minimum absolute atomic E-state index is 0.0621. The van der Waals surface area contributed by atoms with E-state index in [1.807, 2.05) is 12.1 Å². The highest BCUT2D eigenvalue weighted by Gasteiger charge is 2.05. The molecule has 0 saturated heterocycles. The first-order valence-corrected chi connectivity index (χ1v) is 5.28. The molecule has 0 amide bonds. The highest BCUT2D eigenvalue weighted by molar-refractivity contribution is 7.99. The number of hydrogen-bond donors (Lipinski definition) is 2. The molecule has 0 unspecified atom stereocenters. The number of thioether (sulfide) groups is 1. The third-order valence-corrected chi connectivity index (χ3v) is 3.02. The van der Waals surface area contributed by atoms with Crippen LogP contribution in [-0.2, 0) is 6.61 Å². The highest BCUT2D eigenvalue weighted by atomic mass is 35.5. The van der Waals surface area contributed by atoms with Crippen LogP contribution in [0.25, 0.3) is 0 Å². The fraction of sp³-hybridized carbons (Fsp3) is 0.333. The molecule has 1 aromatic carbocycles. The third-order valence-electron chi connectivity index (χ3n) is 1.58. The van der Waals surface area contributed by atoms with Crippen molar-refractivity contribution in [2.45, 2.75) is 11.5 Å². The summed E-state index contributed by atoms with van der Waals surface area (Å²) in [7, 11) is 0. The number of rotatable bonds is 4. The summed E-state index contributed by atoms with van der Waals surface area (Å²) in [6, 6.07) is 5.47. The lowest BCUT2D eigenvalue weighted by Gasteiger charge is -2.07. The maximum atomic E-state index is 9.04. The van der Waals surface area contributed by atoms with Gasteiger partial charge in [0.25, 0.3) is 0 Å². The van der Waals surface area contributed by atoms with Crippen molar-refractivity contribution in [1.29, 1.82) is 0 Å². The van der Waals surface area contributed by atoms with Gasteiger partial charge in [0.1, 0.15) is 0 Å². The van der Waals surface area contributed by atoms with Gasteiger partial charge in [0.15, 0.2) is 0 Å². The van der Waals surface area contributed by atoms with Gasteiger partial charge in [0.05, 0.1) is 13.2 Å². The summed E-state index contributed by atoms with van der Waals surface area (Å²) in [6.07, 6.45) is 0. The van der Waals surface area contributed by atoms with Crippen LogP contribution in [0, 0.1) is 0 Å². The summed E-state index contributed by atoms with van der Waals surface area (Å²) in [4.78, 5) is 0.934. The molecule has 0 spiro atoms. The minimum atomic E-state index is -0.0621. The molecular formula is C9H11ClO2S. The molecule has 0 saturated carbocycles. The molecule has 0 radical (unpaired) electrons. The largest absolute Gasteiger partial charge is 0.396 e. The van der Waals surface area contributed by atoms with Crippen molar-refractivity contribution >= 4 is 23.4 Å². The summed E-state index contributed by atoms with van der Waals surface area (Å²) in [5, 5.41) is 18.3. The molecule has 1 rings (SSSR count). The number of halogens is 1. The maximum Gasteiger partial charge on any atom is 0.0707 e. The molecule has 0 aliphatic heterocycles. The van der Waals surface area contributed by atoms with E-state index >= 15 is 0 Å². The third kappa shape index (κ3) is 2.88. The Hall–Kier alpha value is -0.220. The molecule has 1 aromatic rings. The smallest absolute Gasteiger partial charge is 0.0707 e. The lowest BCUT2D eigenvalue weighted by atomic mass is 10.2. The Morgan fingerprint density at radius 3 is 2.69 bits per heavy atom. The predicted octanol–water partition coefficient (Wildman–Crippen LogP) is 1.92. The van der Waals surface area contributed by atoms with Gasteiger partial charge < -0.3 is 10.2 Å². The topological polar surface area (TPSA) is 40.5 Å². The Bertz CT molecular complexity index is 278. The molecule has 0 aliphatic carbocycles. The SMILES string of the molecule is OCCSc1cccc(Cl)c1CO. The highest BCUT2D eigenvalue weighted by Crippen LogP contribution is 2.28. The second-order valence-corrected chi connectivity index (χ2v) is 3.99. The van der Waals surface area contributed by atoms with Gasteiger partial charge in [-0.15, -0.1) is 11.8 Å². The molecule has 13 heavy (non-hydrogen) atoms. The summed E-state index contributed by atoms with van der Waals surface area (Å²) >= 11 is 7.36. The van der Waals surface area contributed by atoms with E-state index in [0.29, 0.717) is 10.8 Å². The molecule has 0 aromatic heterocycles. The van der Waals surface area contributed by atoms with E-state index in [1.165, 1.54) is 11.8 Å². The fourth-order valence-corrected chi connectivity index (χ4v) is 2.11. The first-order chi connectivity index (χ1) is 6.29. The maximum absolute atomic E-state index is 9.04. The second kappa shape index (κ2) is 5.50. The van der Waals surface area contributed by atoms with Crippen molar-refractivity contribution in [1.82, 2.24) is 0 Å². The molecule has 0 aliphatic rings. The Labute approximate surface area is 86.5 Å². The van der Waals surface area contributed by atoms with Crippen LogP contribution >= 0.6 is 23.4 Å². The monoisotopic (exact) mass is 218 g/mol. The van der Waals surface area contributed by atoms with Crippen molar-refractivity contribution in [2.24, 2.45) is 0 Å². The molecule has 72 valence electrons. The van der Waals surface area contributed by atoms with Crippen LogP contribution < -0.4 is 0 Å². The lowest BCUT2D eigenvalue weighted by Crippen LogP contribution is -1.92. The van der Waals surface area contributed by atoms with Crippen LogP contribution in [0.5, 0.6) is 0 Å². The first kappa shape index (κ1) is 10.9. The summed E-state index contributed by atoms with van der Waals surface area (Å²) < 4.78 is 0. The molecule has 4 heteroatoms. The van der Waals surface area contributed by atoms with Crippen molar-refractivity contribution < 1.29 is 10.2 Å². The first-order valence-electron chi connectivity index (χ1n) is 3.91. The van der Waals surface area contributed by atoms with Crippen molar-refractivity contribution in [3.05, 3.63) is 28.8 Å². The minimum Gasteiger partial charge on any atom is -0.396 e. The van der Waals surface area contributed by atoms with Crippen LogP contribution in [0.2, 0.25) is 5.02 Å². The van der Waals surface area contributed by atoms with Gasteiger partial charge in [-0.25, -0.2) is 0 Å². The van der Waals surface area contributed by atoms with Gasteiger partial charge >= 0.3 is 0 Å². The normalized spacial score (nSPS) is 10.4. The van der Waals surface area contributed by atoms with Crippen LogP contribution in [0.4, 0.5) is 0 Å². The van der Waals surface area contributed by atoms with E-state index in [-0.39, 0.29) is 13.2 Å². The van der Waals surface area contributed by atoms with Gasteiger partial charge in [-0.05, 0) is 12.1 Å². The molecule has 2 nitrogen and oxygen atoms in total. The van der Waals surface area contributed by atoms with Crippen molar-refractivity contribution in [3.8, 4) is 0 Å². The van der Waals surface area contributed by atoms with Crippen LogP contribution in [0.3, 0.4) is 0 Å². The molecular weight excluding hydrogens is 208 g/mol. The Kier molecular flexibility index (Phi) is 4.59. The molecule has 0 heterocycles. The van der Waals surface area contributed by atoms with E-state index in [0.717, 1.165) is 10.5 Å². The Balaban J connectivity index is 2.85. The summed E-state index contributed by atoms with van der Waals surface area (Å²) in [6.45, 7) is 0.0650. The van der Waals surface area contributed by atoms with Crippen LogP contribution in [0.15, 0.2) is 23.1 Å². The van der Waals surface area contributed by atoms with E-state index in [9.17, 15) is 0 Å². The van der Waals surface area contributed by atoms with Crippen molar-refractivity contribution in [2.75, 3.05) is 12.4 Å². The van der Waals surface area contributed by atoms with Gasteiger partial charge in [0, 0.05) is 21.2 Å². The van der Waals surface area contributed by atoms with E-state index in [2.05, 4.69) is 0 Å². The van der Waals surface area contributed by atoms with Gasteiger partial charge in [-0.2, -0.15) is 0 Å². The number of benzene rings is 1. The fourth-order valence-electron chi connectivity index (χ4n) is 0.983. The average molecular weight is 219 g/mol. The lowest BCUT2D eigenvalue weighted by molar-refractivity contribution is 0.279. The average Bonchev–Trinajstić information content (AvgIpc) is 2.15. The number of hydrogen-bond acceptors (Lipinski definition) is 3. The van der Waals surface area contributed by atoms with E-state index in [1.54, 1.807) is 6.07 Å². The zero-order valence-electron chi connectivity index (χ0n) is 7.03. The van der Waals surface area contributed by atoms with E-state index < -0.39 is 0 Å². The van der Waals surface area contributed by atoms with Crippen molar-refractivity contribution in [3.63, 3.8) is 0 Å². The Morgan fingerprint density at radius 2 is 2.08 bits per heavy atom. The second-order valence-electron chi connectivity index (χ2n) is 2.45. The van der Waals surface area contributed by atoms with E-state index in [4.69, 9.17) is 21.8 Å². The molecule has 0 fully saturated rings. The summed E-state index contributed by atoms with van der Waals surface area (Å²) in [5.41, 5.74) is 0.739. The zero-order valence-corrected chi connectivity index (χ0v) is 8.61. The van der Waals surface area contributed by atoms with Gasteiger partial charge in [-0.3, -0.25) is 0 Å². The van der Waals surface area contributed by atoms with Gasteiger partial charge in [-0.1, -0.05) is 17.7 Å². The van der Waals surface area contributed by atoms with Crippen LogP contribution in [0.1, 0.15) is 5.56 Å². The van der Waals surface area contributed by atoms with Gasteiger partial charge in [0.2, 0.25) is 0 Å². The molecule has 2 N–H and O–H groups in total. The molecule has 0 atom stereocenters. The number of aliphatic hydroxyl groups excluding tert-OH is 2. The zero-order chi connectivity index (χ0) is 9.68. The standard InChI is InChI=1S/C9H11ClO2S/c10-8-2-1-3-9(7(8)6-12)13-5-4-11/h1-3,11-12H,4-6H2. The molecule has 0 bridgehead atoms. The predicted molar refractivity (Wildman–Crippen MR) is 55.2 cm³/mol. The van der Waals surface area contributed by atoms with Crippen LogP contribution in [-0.4, -0.2) is 22.6 Å². The summed E-state index contributed by atoms with van der Waals surface area (Å²) in [5.74, 6) is 0.618. The quantitative estimate of drug-likeness (QED) is 0.759.